The highest BCUT2D eigenvalue weighted by atomic mass is 19.4. The number of methoxy groups -OCH3 is 1. The van der Waals surface area contributed by atoms with Crippen molar-refractivity contribution in [2.24, 2.45) is 0 Å². The van der Waals surface area contributed by atoms with Crippen LogP contribution in [0.1, 0.15) is 36.4 Å². The number of alkyl halides is 3. The molecular formula is C34H40F4N8O3. The van der Waals surface area contributed by atoms with Crippen molar-refractivity contribution in [2.75, 3.05) is 80.6 Å². The number of ether oxygens (including phenoxy) is 1. The number of nitrogens with one attached hydrogen (secondary N) is 2. The van der Waals surface area contributed by atoms with E-state index >= 15 is 4.39 Å². The Kier molecular flexibility index (Phi) is 10.2. The first kappa shape index (κ1) is 34.4. The molecule has 3 saturated heterocycles. The van der Waals surface area contributed by atoms with Crippen molar-refractivity contribution >= 4 is 34.6 Å². The topological polar surface area (TPSA) is 98.3 Å². The summed E-state index contributed by atoms with van der Waals surface area (Å²) in [5, 5.41) is 7.44. The molecule has 0 bridgehead atoms. The first-order chi connectivity index (χ1) is 23.5. The van der Waals surface area contributed by atoms with Gasteiger partial charge in [-0.1, -0.05) is 18.7 Å². The molecule has 3 aliphatic rings. The van der Waals surface area contributed by atoms with Gasteiger partial charge in [0, 0.05) is 69.4 Å². The van der Waals surface area contributed by atoms with E-state index in [0.29, 0.717) is 35.1 Å². The van der Waals surface area contributed by atoms with Crippen LogP contribution in [0.5, 0.6) is 5.75 Å². The molecule has 4 heterocycles. The first-order valence-corrected chi connectivity index (χ1v) is 16.3. The fourth-order valence-electron chi connectivity index (χ4n) is 6.72. The molecule has 0 saturated carbocycles. The number of carbonyl (C=O) groups excluding carboxylic acids is 1. The zero-order valence-corrected chi connectivity index (χ0v) is 27.5. The average molecular weight is 685 g/mol. The summed E-state index contributed by atoms with van der Waals surface area (Å²) in [5.74, 6) is -0.688. The zero-order valence-electron chi connectivity index (χ0n) is 27.5. The van der Waals surface area contributed by atoms with Gasteiger partial charge in [-0.05, 0) is 38.1 Å². The smallest absolute Gasteiger partial charge is 0.419 e. The number of halogens is 4. The quantitative estimate of drug-likeness (QED) is 0.219. The Balaban J connectivity index is 1.24. The molecule has 11 nitrogen and oxygen atoms in total. The van der Waals surface area contributed by atoms with E-state index in [2.05, 4.69) is 48.9 Å². The predicted molar refractivity (Wildman–Crippen MR) is 179 cm³/mol. The van der Waals surface area contributed by atoms with Gasteiger partial charge in [-0.25, -0.2) is 19.4 Å². The summed E-state index contributed by atoms with van der Waals surface area (Å²) in [6.07, 6.45) is -0.125. The van der Waals surface area contributed by atoms with Crippen molar-refractivity contribution in [2.45, 2.75) is 37.5 Å². The van der Waals surface area contributed by atoms with E-state index in [9.17, 15) is 18.0 Å². The molecule has 1 atom stereocenters. The lowest BCUT2D eigenvalue weighted by atomic mass is 10.0. The zero-order chi connectivity index (χ0) is 34.7. The Morgan fingerprint density at radius 3 is 2.49 bits per heavy atom. The molecule has 2 aromatic carbocycles. The minimum atomic E-state index is -4.84. The lowest BCUT2D eigenvalue weighted by Gasteiger charge is -2.43. The highest BCUT2D eigenvalue weighted by Crippen LogP contribution is 2.42. The maximum absolute atomic E-state index is 15.1. The van der Waals surface area contributed by atoms with Crippen LogP contribution in [0.2, 0.25) is 0 Å². The van der Waals surface area contributed by atoms with Gasteiger partial charge in [0.2, 0.25) is 5.91 Å². The highest BCUT2D eigenvalue weighted by molar-refractivity contribution is 6.02. The van der Waals surface area contributed by atoms with Crippen LogP contribution in [0.4, 0.5) is 46.3 Å². The predicted octanol–water partition coefficient (Wildman–Crippen LogP) is 5.61. The molecule has 15 heteroatoms. The third kappa shape index (κ3) is 7.58. The Bertz CT molecular complexity index is 1660. The van der Waals surface area contributed by atoms with E-state index in [1.54, 1.807) is 19.2 Å². The SMILES string of the molecule is C=CC(=O)Nc1cc(Nc2cc(N3OCC[C@@H]3c3cccc(C(F)(F)F)c3F)ncn2)c(OC)cc1N1CCC(N2CCN(C)CC2)CC1. The van der Waals surface area contributed by atoms with Crippen LogP contribution in [0.25, 0.3) is 0 Å². The van der Waals surface area contributed by atoms with Crippen molar-refractivity contribution in [3.05, 3.63) is 72.3 Å². The van der Waals surface area contributed by atoms with E-state index < -0.39 is 23.6 Å². The molecule has 49 heavy (non-hydrogen) atoms. The number of carbonyl (C=O) groups is 1. The van der Waals surface area contributed by atoms with Crippen molar-refractivity contribution in [1.29, 1.82) is 0 Å². The largest absolute Gasteiger partial charge is 0.494 e. The normalized spacial score (nSPS) is 19.6. The van der Waals surface area contributed by atoms with Gasteiger partial charge in [-0.15, -0.1) is 0 Å². The number of piperazine rings is 1. The molecule has 1 aromatic heterocycles. The molecule has 3 aromatic rings. The molecule has 3 aliphatic heterocycles. The number of nitrogens with zero attached hydrogens (tertiary/aromatic N) is 6. The summed E-state index contributed by atoms with van der Waals surface area (Å²) in [7, 11) is 3.70. The molecule has 3 fully saturated rings. The first-order valence-electron chi connectivity index (χ1n) is 16.3. The summed E-state index contributed by atoms with van der Waals surface area (Å²) >= 11 is 0. The maximum atomic E-state index is 15.1. The number of piperidine rings is 1. The van der Waals surface area contributed by atoms with Crippen LogP contribution in [-0.2, 0) is 15.8 Å². The number of aromatic nitrogens is 2. The third-order valence-corrected chi connectivity index (χ3v) is 9.36. The Labute approximate surface area is 282 Å². The van der Waals surface area contributed by atoms with Gasteiger partial charge in [0.25, 0.3) is 0 Å². The molecule has 6 rings (SSSR count). The second kappa shape index (κ2) is 14.6. The Morgan fingerprint density at radius 2 is 1.80 bits per heavy atom. The second-order valence-corrected chi connectivity index (χ2v) is 12.4. The number of hydrogen-bond donors (Lipinski definition) is 2. The van der Waals surface area contributed by atoms with Gasteiger partial charge in [0.15, 0.2) is 5.82 Å². The summed E-state index contributed by atoms with van der Waals surface area (Å²) < 4.78 is 61.2. The lowest BCUT2D eigenvalue weighted by Crippen LogP contribution is -2.52. The van der Waals surface area contributed by atoms with E-state index in [-0.39, 0.29) is 30.3 Å². The minimum Gasteiger partial charge on any atom is -0.494 e. The summed E-state index contributed by atoms with van der Waals surface area (Å²) in [6.45, 7) is 9.63. The molecule has 0 unspecified atom stereocenters. The Hall–Kier alpha value is -4.47. The van der Waals surface area contributed by atoms with Crippen molar-refractivity contribution in [1.82, 2.24) is 19.8 Å². The monoisotopic (exact) mass is 684 g/mol. The fourth-order valence-corrected chi connectivity index (χ4v) is 6.72. The van der Waals surface area contributed by atoms with Crippen LogP contribution in [0.15, 0.2) is 55.4 Å². The summed E-state index contributed by atoms with van der Waals surface area (Å²) in [5.41, 5.74) is 0.382. The molecule has 0 aliphatic carbocycles. The van der Waals surface area contributed by atoms with Gasteiger partial charge in [-0.2, -0.15) is 13.2 Å². The highest BCUT2D eigenvalue weighted by Gasteiger charge is 2.38. The summed E-state index contributed by atoms with van der Waals surface area (Å²) in [4.78, 5) is 34.0. The molecule has 1 amide bonds. The van der Waals surface area contributed by atoms with Gasteiger partial charge < -0.3 is 25.2 Å². The van der Waals surface area contributed by atoms with E-state index in [1.165, 1.54) is 29.6 Å². The summed E-state index contributed by atoms with van der Waals surface area (Å²) in [6, 6.07) is 8.05. The molecule has 0 spiro atoms. The molecule has 2 N–H and O–H groups in total. The number of benzene rings is 2. The van der Waals surface area contributed by atoms with Crippen LogP contribution >= 0.6 is 0 Å². The Morgan fingerprint density at radius 1 is 1.04 bits per heavy atom. The average Bonchev–Trinajstić information content (AvgIpc) is 3.58. The van der Waals surface area contributed by atoms with E-state index in [4.69, 9.17) is 9.57 Å². The minimum absolute atomic E-state index is 0.145. The van der Waals surface area contributed by atoms with Crippen molar-refractivity contribution < 1.29 is 31.9 Å². The molecular weight excluding hydrogens is 644 g/mol. The number of likely N-dealkylation sites (N-methyl/N-ethyl adjacent to an activating group) is 1. The van der Waals surface area contributed by atoms with Crippen LogP contribution in [0.3, 0.4) is 0 Å². The van der Waals surface area contributed by atoms with Gasteiger partial charge >= 0.3 is 6.18 Å². The fraction of sp³-hybridized carbons (Fsp3) is 0.441. The van der Waals surface area contributed by atoms with E-state index in [0.717, 1.165) is 57.8 Å². The number of hydroxylamine groups is 1. The number of anilines is 5. The molecule has 262 valence electrons. The lowest BCUT2D eigenvalue weighted by molar-refractivity contribution is -0.140. The van der Waals surface area contributed by atoms with Gasteiger partial charge in [-0.3, -0.25) is 14.5 Å². The van der Waals surface area contributed by atoms with Crippen LogP contribution in [0, 0.1) is 5.82 Å². The third-order valence-electron chi connectivity index (χ3n) is 9.36. The maximum Gasteiger partial charge on any atom is 0.419 e. The number of hydrogen-bond acceptors (Lipinski definition) is 10. The van der Waals surface area contributed by atoms with Crippen molar-refractivity contribution in [3.8, 4) is 5.75 Å². The molecule has 0 radical (unpaired) electrons. The number of rotatable bonds is 9. The van der Waals surface area contributed by atoms with Gasteiger partial charge in [0.05, 0.1) is 42.4 Å². The van der Waals surface area contributed by atoms with E-state index in [1.807, 2.05) is 6.07 Å². The second-order valence-electron chi connectivity index (χ2n) is 12.4. The van der Waals surface area contributed by atoms with Gasteiger partial charge in [0.1, 0.15) is 23.7 Å². The number of amides is 1. The standard InChI is InChI=1S/C34H40F4N8O3/c1-4-32(47)42-25-18-26(29(48-3)19-28(25)45-11-8-22(9-12-45)44-15-13-43(2)14-16-44)41-30-20-31(40-21-39-30)46-27(10-17-49-46)23-6-5-7-24(33(23)35)34(36,37)38/h4-7,18-22,27H,1,8-17H2,2-3H3,(H,42,47)(H,39,40,41)/t27-/m1/s1. The van der Waals surface area contributed by atoms with Crippen LogP contribution in [-0.4, -0.2) is 91.7 Å². The van der Waals surface area contributed by atoms with Crippen molar-refractivity contribution in [3.63, 3.8) is 0 Å². The van der Waals surface area contributed by atoms with Crippen LogP contribution < -0.4 is 25.3 Å².